The van der Waals surface area contributed by atoms with Crippen molar-refractivity contribution in [1.82, 2.24) is 19.9 Å². The van der Waals surface area contributed by atoms with Crippen LogP contribution in [0.4, 0.5) is 21.8 Å². The van der Waals surface area contributed by atoms with Crippen LogP contribution in [-0.2, 0) is 11.2 Å². The summed E-state index contributed by atoms with van der Waals surface area (Å²) in [6.45, 7) is 6.30. The quantitative estimate of drug-likeness (QED) is 0.470. The summed E-state index contributed by atoms with van der Waals surface area (Å²) in [7, 11) is 1.49. The number of anilines is 3. The molecule has 1 N–H and O–H groups in total. The summed E-state index contributed by atoms with van der Waals surface area (Å²) in [5.41, 5.74) is 2.14. The molecule has 3 aromatic rings. The Bertz CT molecular complexity index is 1290. The Balaban J connectivity index is 1.35. The van der Waals surface area contributed by atoms with Crippen LogP contribution in [0.1, 0.15) is 30.0 Å². The Morgan fingerprint density at radius 2 is 1.89 bits per heavy atom. The highest BCUT2D eigenvalue weighted by molar-refractivity contribution is 5.68. The number of benzene rings is 1. The van der Waals surface area contributed by atoms with Crippen LogP contribution in [0, 0.1) is 35.9 Å². The normalized spacial score (nSPS) is 20.5. The molecule has 38 heavy (non-hydrogen) atoms. The van der Waals surface area contributed by atoms with E-state index in [-0.39, 0.29) is 46.6 Å². The van der Waals surface area contributed by atoms with Gasteiger partial charge in [-0.3, -0.25) is 0 Å². The Kier molecular flexibility index (Phi) is 7.51. The number of hydrogen-bond acceptors (Lipinski definition) is 10. The second-order valence-electron chi connectivity index (χ2n) is 9.63. The first kappa shape index (κ1) is 25.6. The Labute approximate surface area is 220 Å². The lowest BCUT2D eigenvalue weighted by Gasteiger charge is -2.46. The number of ether oxygens (including phenoxy) is 3. The predicted octanol–water partition coefficient (Wildman–Crippen LogP) is 3.82. The van der Waals surface area contributed by atoms with Crippen LogP contribution in [0.25, 0.3) is 0 Å². The van der Waals surface area contributed by atoms with Crippen LogP contribution >= 0.6 is 0 Å². The van der Waals surface area contributed by atoms with Gasteiger partial charge in [0.2, 0.25) is 11.7 Å². The van der Waals surface area contributed by atoms with Crippen molar-refractivity contribution in [2.45, 2.75) is 32.8 Å². The molecule has 4 heterocycles. The van der Waals surface area contributed by atoms with E-state index in [1.807, 2.05) is 18.5 Å². The molecule has 1 aromatic carbocycles. The summed E-state index contributed by atoms with van der Waals surface area (Å²) < 4.78 is 32.6. The average Bonchev–Trinajstić information content (AvgIpc) is 2.91. The third-order valence-electron chi connectivity index (χ3n) is 6.90. The van der Waals surface area contributed by atoms with Crippen molar-refractivity contribution in [3.8, 4) is 17.7 Å². The fourth-order valence-corrected chi connectivity index (χ4v) is 5.11. The molecule has 5 rings (SSSR count). The smallest absolute Gasteiger partial charge is 0.262 e. The number of aryl methyl sites for hydroxylation is 2. The molecule has 2 saturated heterocycles. The van der Waals surface area contributed by atoms with Gasteiger partial charge >= 0.3 is 0 Å². The van der Waals surface area contributed by atoms with E-state index < -0.39 is 5.82 Å². The first-order valence-electron chi connectivity index (χ1n) is 12.7. The number of aromatic nitrogens is 4. The summed E-state index contributed by atoms with van der Waals surface area (Å²) in [6, 6.07) is 4.74. The lowest BCUT2D eigenvalue weighted by Crippen LogP contribution is -2.58. The minimum atomic E-state index is -0.561. The maximum atomic E-state index is 14.7. The van der Waals surface area contributed by atoms with Gasteiger partial charge in [0, 0.05) is 37.3 Å². The summed E-state index contributed by atoms with van der Waals surface area (Å²) in [6.07, 6.45) is 7.01. The van der Waals surface area contributed by atoms with Gasteiger partial charge in [0.15, 0.2) is 5.82 Å². The van der Waals surface area contributed by atoms with Gasteiger partial charge in [0.05, 0.1) is 37.6 Å². The lowest BCUT2D eigenvalue weighted by atomic mass is 9.84. The van der Waals surface area contributed by atoms with E-state index >= 15 is 0 Å². The molecule has 2 unspecified atom stereocenters. The van der Waals surface area contributed by atoms with Crippen LogP contribution < -0.4 is 19.7 Å². The van der Waals surface area contributed by atoms with Crippen LogP contribution in [-0.4, -0.2) is 59.5 Å². The Morgan fingerprint density at radius 1 is 1.16 bits per heavy atom. The first-order chi connectivity index (χ1) is 18.5. The van der Waals surface area contributed by atoms with Crippen molar-refractivity contribution in [1.29, 1.82) is 5.26 Å². The molecule has 2 aliphatic heterocycles. The third kappa shape index (κ3) is 5.17. The minimum absolute atomic E-state index is 0.0655. The van der Waals surface area contributed by atoms with E-state index in [1.165, 1.54) is 19.5 Å². The first-order valence-corrected chi connectivity index (χ1v) is 12.7. The Hall–Kier alpha value is -4.04. The van der Waals surface area contributed by atoms with Crippen molar-refractivity contribution in [2.24, 2.45) is 11.8 Å². The summed E-state index contributed by atoms with van der Waals surface area (Å²) >= 11 is 0. The maximum absolute atomic E-state index is 14.7. The number of rotatable bonds is 8. The largest absolute Gasteiger partial charge is 0.489 e. The average molecular weight is 520 g/mol. The highest BCUT2D eigenvalue weighted by atomic mass is 19.1. The third-order valence-corrected chi connectivity index (χ3v) is 6.90. The molecule has 2 aliphatic rings. The number of halogens is 1. The summed E-state index contributed by atoms with van der Waals surface area (Å²) in [5.74, 6) is 1.09. The second-order valence-corrected chi connectivity index (χ2v) is 9.63. The monoisotopic (exact) mass is 519 g/mol. The molecule has 11 heteroatoms. The van der Waals surface area contributed by atoms with Gasteiger partial charge in [-0.2, -0.15) is 10.2 Å². The van der Waals surface area contributed by atoms with E-state index in [0.717, 1.165) is 18.4 Å². The van der Waals surface area contributed by atoms with Crippen molar-refractivity contribution in [2.75, 3.05) is 43.6 Å². The fourth-order valence-electron chi connectivity index (χ4n) is 5.11. The Morgan fingerprint density at radius 3 is 2.53 bits per heavy atom. The topological polar surface area (TPSA) is 118 Å². The molecule has 0 amide bonds. The molecule has 0 radical (unpaired) electrons. The van der Waals surface area contributed by atoms with Crippen molar-refractivity contribution in [3.63, 3.8) is 0 Å². The fraction of sp³-hybridized carbons (Fsp3) is 0.444. The lowest BCUT2D eigenvalue weighted by molar-refractivity contribution is -0.0776. The molecular weight excluding hydrogens is 489 g/mol. The molecule has 198 valence electrons. The van der Waals surface area contributed by atoms with Crippen molar-refractivity contribution in [3.05, 3.63) is 53.4 Å². The molecule has 2 fully saturated rings. The van der Waals surface area contributed by atoms with E-state index in [9.17, 15) is 4.39 Å². The molecule has 2 bridgehead atoms. The maximum Gasteiger partial charge on any atom is 0.262 e. The molecular formula is C27H30FN7O3. The number of nitrogens with one attached hydrogen (secondary N) is 1. The molecule has 0 aliphatic carbocycles. The highest BCUT2D eigenvalue weighted by Gasteiger charge is 2.43. The van der Waals surface area contributed by atoms with Gasteiger partial charge in [-0.25, -0.2) is 19.3 Å². The van der Waals surface area contributed by atoms with Gasteiger partial charge in [0.1, 0.15) is 18.2 Å². The predicted molar refractivity (Wildman–Crippen MR) is 138 cm³/mol. The second kappa shape index (κ2) is 11.1. The van der Waals surface area contributed by atoms with Crippen LogP contribution in [0.3, 0.4) is 0 Å². The molecule has 0 saturated carbocycles. The van der Waals surface area contributed by atoms with Crippen LogP contribution in [0.15, 0.2) is 30.9 Å². The number of fused-ring (bicyclic) bond motifs is 2. The number of hydrogen-bond donors (Lipinski definition) is 1. The van der Waals surface area contributed by atoms with Crippen LogP contribution in [0.5, 0.6) is 11.6 Å². The van der Waals surface area contributed by atoms with Crippen molar-refractivity contribution < 1.29 is 18.6 Å². The van der Waals surface area contributed by atoms with E-state index in [4.69, 9.17) is 19.5 Å². The van der Waals surface area contributed by atoms with Gasteiger partial charge in [0.25, 0.3) is 5.88 Å². The number of methoxy groups -OCH3 is 1. The van der Waals surface area contributed by atoms with Gasteiger partial charge < -0.3 is 24.4 Å². The highest BCUT2D eigenvalue weighted by Crippen LogP contribution is 2.39. The van der Waals surface area contributed by atoms with E-state index in [1.54, 1.807) is 13.0 Å². The number of nitriles is 1. The summed E-state index contributed by atoms with van der Waals surface area (Å²) in [4.78, 5) is 20.0. The van der Waals surface area contributed by atoms with Gasteiger partial charge in [-0.15, -0.1) is 0 Å². The zero-order valence-corrected chi connectivity index (χ0v) is 21.6. The standard InChI is InChI=1S/C27H30FN7O3/c1-4-5-17-9-30-27(31-10-17)35-11-19-13-37-14-20(12-35)23(19)38-26-24(36-3)25(32-15-33-26)34-22-16(2)6-18(8-29)7-21(22)28/h6-7,9-10,15,19-20,23H,4-5,11-14H2,1-3H3,(H,32,33,34). The SMILES string of the molecule is CCCc1cnc(N2CC3COCC(C2)C3Oc2ncnc(Nc3c(C)cc(C#N)cc3F)c2OC)nc1. The van der Waals surface area contributed by atoms with Gasteiger partial charge in [-0.05, 0) is 36.6 Å². The molecule has 10 nitrogen and oxygen atoms in total. The van der Waals surface area contributed by atoms with Crippen molar-refractivity contribution >= 4 is 17.5 Å². The number of piperidine rings is 1. The summed E-state index contributed by atoms with van der Waals surface area (Å²) in [5, 5.41) is 12.1. The number of nitrogens with zero attached hydrogens (tertiary/aromatic N) is 6. The molecule has 2 atom stereocenters. The van der Waals surface area contributed by atoms with E-state index in [0.29, 0.717) is 37.8 Å². The van der Waals surface area contributed by atoms with Gasteiger partial charge in [-0.1, -0.05) is 13.3 Å². The van der Waals surface area contributed by atoms with Crippen LogP contribution in [0.2, 0.25) is 0 Å². The zero-order valence-electron chi connectivity index (χ0n) is 21.6. The molecule has 0 spiro atoms. The molecule has 2 aromatic heterocycles. The zero-order chi connectivity index (χ0) is 26.6. The minimum Gasteiger partial charge on any atom is -0.489 e. The van der Waals surface area contributed by atoms with E-state index in [2.05, 4.69) is 37.1 Å².